The van der Waals surface area contributed by atoms with E-state index in [-0.39, 0.29) is 11.9 Å². The highest BCUT2D eigenvalue weighted by atomic mass is 32.2. The van der Waals surface area contributed by atoms with Crippen LogP contribution in [0.15, 0.2) is 12.3 Å². The van der Waals surface area contributed by atoms with Gasteiger partial charge < -0.3 is 5.32 Å². The van der Waals surface area contributed by atoms with Crippen molar-refractivity contribution in [1.29, 1.82) is 0 Å². The van der Waals surface area contributed by atoms with Crippen molar-refractivity contribution in [2.75, 3.05) is 16.8 Å². The summed E-state index contributed by atoms with van der Waals surface area (Å²) in [5.41, 5.74) is 0. The number of anilines is 1. The number of thioether (sulfide) groups is 1. The topological polar surface area (TPSA) is 24.9 Å². The maximum absolute atomic E-state index is 13.2. The minimum atomic E-state index is -0.655. The number of nitrogens with one attached hydrogen (secondary N) is 1. The van der Waals surface area contributed by atoms with Crippen LogP contribution in [-0.2, 0) is 0 Å². The first-order valence-electron chi connectivity index (χ1n) is 5.28. The van der Waals surface area contributed by atoms with Crippen LogP contribution in [-0.4, -0.2) is 22.5 Å². The van der Waals surface area contributed by atoms with Crippen LogP contribution in [0.4, 0.5) is 14.6 Å². The maximum atomic E-state index is 13.2. The molecule has 0 saturated carbocycles. The average molecular weight is 246 g/mol. The molecule has 1 rings (SSSR count). The fraction of sp³-hybridized carbons (Fsp3) is 0.545. The van der Waals surface area contributed by atoms with Gasteiger partial charge in [-0.2, -0.15) is 11.8 Å². The molecule has 0 aliphatic rings. The van der Waals surface area contributed by atoms with E-state index in [2.05, 4.69) is 17.2 Å². The molecule has 0 saturated heterocycles. The van der Waals surface area contributed by atoms with Crippen LogP contribution >= 0.6 is 11.8 Å². The first-order chi connectivity index (χ1) is 7.63. The van der Waals surface area contributed by atoms with Gasteiger partial charge in [0.15, 0.2) is 11.6 Å². The third kappa shape index (κ3) is 4.35. The minimum Gasteiger partial charge on any atom is -0.365 e. The van der Waals surface area contributed by atoms with E-state index >= 15 is 0 Å². The molecule has 0 aliphatic carbocycles. The summed E-state index contributed by atoms with van der Waals surface area (Å²) in [4.78, 5) is 3.68. The Hall–Kier alpha value is -0.840. The first kappa shape index (κ1) is 13.2. The zero-order chi connectivity index (χ0) is 12.0. The standard InChI is InChI=1S/C11H16F2N2S/c1-3-16-5-4-8(2)15-11-10(13)6-9(12)7-14-11/h6-8H,3-5H2,1-2H3,(H,14,15). The van der Waals surface area contributed by atoms with E-state index in [0.29, 0.717) is 0 Å². The molecule has 0 spiro atoms. The van der Waals surface area contributed by atoms with Crippen molar-refractivity contribution < 1.29 is 8.78 Å². The molecule has 0 radical (unpaired) electrons. The predicted molar refractivity (Wildman–Crippen MR) is 64.9 cm³/mol. The van der Waals surface area contributed by atoms with Gasteiger partial charge in [0.05, 0.1) is 6.20 Å². The molecular formula is C11H16F2N2S. The lowest BCUT2D eigenvalue weighted by molar-refractivity contribution is 0.573. The molecule has 5 heteroatoms. The van der Waals surface area contributed by atoms with Crippen LogP contribution in [0.1, 0.15) is 20.3 Å². The van der Waals surface area contributed by atoms with E-state index < -0.39 is 11.6 Å². The molecule has 1 aromatic rings. The maximum Gasteiger partial charge on any atom is 0.168 e. The van der Waals surface area contributed by atoms with Crippen LogP contribution in [0, 0.1) is 11.6 Å². The molecule has 16 heavy (non-hydrogen) atoms. The molecule has 1 N–H and O–H groups in total. The number of halogens is 2. The second-order valence-electron chi connectivity index (χ2n) is 3.51. The van der Waals surface area contributed by atoms with E-state index in [9.17, 15) is 8.78 Å². The molecular weight excluding hydrogens is 230 g/mol. The highest BCUT2D eigenvalue weighted by Gasteiger charge is 2.08. The number of aromatic nitrogens is 1. The van der Waals surface area contributed by atoms with Gasteiger partial charge >= 0.3 is 0 Å². The number of rotatable bonds is 6. The van der Waals surface area contributed by atoms with Gasteiger partial charge in [0.1, 0.15) is 5.82 Å². The van der Waals surface area contributed by atoms with E-state index in [0.717, 1.165) is 30.2 Å². The second kappa shape index (κ2) is 6.68. The summed E-state index contributed by atoms with van der Waals surface area (Å²) in [5.74, 6) is 0.922. The van der Waals surface area contributed by atoms with Crippen LogP contribution < -0.4 is 5.32 Å². The molecule has 0 fully saturated rings. The summed E-state index contributed by atoms with van der Waals surface area (Å²) in [6.45, 7) is 4.06. The summed E-state index contributed by atoms with van der Waals surface area (Å²) in [7, 11) is 0. The Labute approximate surface area is 98.8 Å². The average Bonchev–Trinajstić information content (AvgIpc) is 2.23. The third-order valence-corrected chi connectivity index (χ3v) is 3.02. The quantitative estimate of drug-likeness (QED) is 0.779. The molecule has 0 amide bonds. The van der Waals surface area contributed by atoms with Gasteiger partial charge in [0.2, 0.25) is 0 Å². The number of nitrogens with zero attached hydrogens (tertiary/aromatic N) is 1. The van der Waals surface area contributed by atoms with Crippen LogP contribution in [0.5, 0.6) is 0 Å². The smallest absolute Gasteiger partial charge is 0.168 e. The van der Waals surface area contributed by atoms with Crippen LogP contribution in [0.3, 0.4) is 0 Å². The summed E-state index contributed by atoms with van der Waals surface area (Å²) in [6.07, 6.45) is 1.94. The Kier molecular flexibility index (Phi) is 5.52. The van der Waals surface area contributed by atoms with Gasteiger partial charge in [-0.15, -0.1) is 0 Å². The summed E-state index contributed by atoms with van der Waals surface area (Å²) in [5, 5.41) is 2.93. The van der Waals surface area contributed by atoms with Gasteiger partial charge in [-0.05, 0) is 24.9 Å². The van der Waals surface area contributed by atoms with Crippen molar-refractivity contribution >= 4 is 17.6 Å². The lowest BCUT2D eigenvalue weighted by Gasteiger charge is -2.14. The molecule has 1 atom stereocenters. The molecule has 0 bridgehead atoms. The SMILES string of the molecule is CCSCCC(C)Nc1ncc(F)cc1F. The summed E-state index contributed by atoms with van der Waals surface area (Å²) < 4.78 is 25.8. The zero-order valence-electron chi connectivity index (χ0n) is 9.46. The van der Waals surface area contributed by atoms with Crippen molar-refractivity contribution in [3.05, 3.63) is 23.9 Å². The number of hydrogen-bond donors (Lipinski definition) is 1. The summed E-state index contributed by atoms with van der Waals surface area (Å²) >= 11 is 1.84. The van der Waals surface area contributed by atoms with Crippen molar-refractivity contribution in [3.63, 3.8) is 0 Å². The molecule has 1 unspecified atom stereocenters. The fourth-order valence-corrected chi connectivity index (χ4v) is 2.04. The Morgan fingerprint density at radius 2 is 2.25 bits per heavy atom. The lowest BCUT2D eigenvalue weighted by Crippen LogP contribution is -2.18. The Bertz CT molecular complexity index is 334. The Morgan fingerprint density at radius 1 is 1.50 bits per heavy atom. The molecule has 1 heterocycles. The van der Waals surface area contributed by atoms with E-state index in [1.54, 1.807) is 0 Å². The van der Waals surface area contributed by atoms with Gasteiger partial charge in [-0.1, -0.05) is 6.92 Å². The van der Waals surface area contributed by atoms with E-state index in [4.69, 9.17) is 0 Å². The van der Waals surface area contributed by atoms with Crippen molar-refractivity contribution in [3.8, 4) is 0 Å². The fourth-order valence-electron chi connectivity index (χ4n) is 1.23. The van der Waals surface area contributed by atoms with Crippen molar-refractivity contribution in [2.24, 2.45) is 0 Å². The van der Waals surface area contributed by atoms with Gasteiger partial charge in [0, 0.05) is 12.1 Å². The van der Waals surface area contributed by atoms with Crippen molar-refractivity contribution in [1.82, 2.24) is 4.98 Å². The molecule has 2 nitrogen and oxygen atoms in total. The third-order valence-electron chi connectivity index (χ3n) is 2.09. The largest absolute Gasteiger partial charge is 0.365 e. The zero-order valence-corrected chi connectivity index (χ0v) is 10.3. The van der Waals surface area contributed by atoms with Crippen LogP contribution in [0.2, 0.25) is 0 Å². The predicted octanol–water partition coefficient (Wildman–Crippen LogP) is 3.30. The van der Waals surface area contributed by atoms with E-state index in [1.165, 1.54) is 0 Å². The Morgan fingerprint density at radius 3 is 2.88 bits per heavy atom. The van der Waals surface area contributed by atoms with Gasteiger partial charge in [-0.3, -0.25) is 0 Å². The lowest BCUT2D eigenvalue weighted by atomic mass is 10.2. The molecule has 90 valence electrons. The number of pyridine rings is 1. The Balaban J connectivity index is 2.46. The van der Waals surface area contributed by atoms with Crippen molar-refractivity contribution in [2.45, 2.75) is 26.3 Å². The molecule has 0 aromatic carbocycles. The summed E-state index contributed by atoms with van der Waals surface area (Å²) in [6, 6.07) is 0.967. The number of hydrogen-bond acceptors (Lipinski definition) is 3. The van der Waals surface area contributed by atoms with Gasteiger partial charge in [-0.25, -0.2) is 13.8 Å². The van der Waals surface area contributed by atoms with Crippen LogP contribution in [0.25, 0.3) is 0 Å². The molecule has 0 aliphatic heterocycles. The van der Waals surface area contributed by atoms with Gasteiger partial charge in [0.25, 0.3) is 0 Å². The van der Waals surface area contributed by atoms with E-state index in [1.807, 2.05) is 18.7 Å². The highest BCUT2D eigenvalue weighted by molar-refractivity contribution is 7.99. The minimum absolute atomic E-state index is 0.121. The second-order valence-corrected chi connectivity index (χ2v) is 4.91. The highest BCUT2D eigenvalue weighted by Crippen LogP contribution is 2.14. The monoisotopic (exact) mass is 246 g/mol. The molecule has 1 aromatic heterocycles. The normalized spacial score (nSPS) is 12.5. The first-order valence-corrected chi connectivity index (χ1v) is 6.44.